The maximum atomic E-state index is 12.1. The van der Waals surface area contributed by atoms with E-state index in [1.165, 1.54) is 5.56 Å². The molecule has 2 rings (SSSR count). The molecule has 0 radical (unpaired) electrons. The van der Waals surface area contributed by atoms with Crippen LogP contribution in [-0.2, 0) is 4.79 Å². The Balaban J connectivity index is 2.02. The summed E-state index contributed by atoms with van der Waals surface area (Å²) in [6.07, 6.45) is 0. The van der Waals surface area contributed by atoms with Crippen molar-refractivity contribution in [1.82, 2.24) is 0 Å². The SMILES string of the molecule is Cc1ccc(C)c(NC(=O)COc2cc(C(C)C)ccc2C)c1. The molecule has 23 heavy (non-hydrogen) atoms. The van der Waals surface area contributed by atoms with Crippen molar-refractivity contribution in [3.8, 4) is 5.75 Å². The molecule has 0 aliphatic heterocycles. The van der Waals surface area contributed by atoms with E-state index >= 15 is 0 Å². The van der Waals surface area contributed by atoms with Crippen molar-refractivity contribution in [2.45, 2.75) is 40.5 Å². The van der Waals surface area contributed by atoms with Crippen molar-refractivity contribution in [3.05, 3.63) is 58.7 Å². The topological polar surface area (TPSA) is 38.3 Å². The fourth-order valence-electron chi connectivity index (χ4n) is 2.33. The molecule has 0 atom stereocenters. The minimum absolute atomic E-state index is 0.00969. The molecule has 0 fully saturated rings. The number of aryl methyl sites for hydroxylation is 3. The highest BCUT2D eigenvalue weighted by atomic mass is 16.5. The maximum absolute atomic E-state index is 12.1. The lowest BCUT2D eigenvalue weighted by Crippen LogP contribution is -2.21. The third-order valence-corrected chi connectivity index (χ3v) is 3.90. The Kier molecular flexibility index (Phi) is 5.43. The predicted octanol–water partition coefficient (Wildman–Crippen LogP) is 4.75. The lowest BCUT2D eigenvalue weighted by Gasteiger charge is -2.13. The van der Waals surface area contributed by atoms with Crippen LogP contribution in [0.25, 0.3) is 0 Å². The molecule has 3 heteroatoms. The number of nitrogens with one attached hydrogen (secondary N) is 1. The Labute approximate surface area is 138 Å². The monoisotopic (exact) mass is 311 g/mol. The number of ether oxygens (including phenoxy) is 1. The highest BCUT2D eigenvalue weighted by Gasteiger charge is 2.09. The van der Waals surface area contributed by atoms with Gasteiger partial charge >= 0.3 is 0 Å². The molecule has 1 N–H and O–H groups in total. The zero-order chi connectivity index (χ0) is 17.0. The van der Waals surface area contributed by atoms with Gasteiger partial charge in [-0.2, -0.15) is 0 Å². The lowest BCUT2D eigenvalue weighted by atomic mass is 10.0. The maximum Gasteiger partial charge on any atom is 0.262 e. The van der Waals surface area contributed by atoms with Gasteiger partial charge in [0.1, 0.15) is 5.75 Å². The van der Waals surface area contributed by atoms with E-state index in [2.05, 4.69) is 25.2 Å². The zero-order valence-electron chi connectivity index (χ0n) is 14.6. The Morgan fingerprint density at radius 2 is 1.74 bits per heavy atom. The summed E-state index contributed by atoms with van der Waals surface area (Å²) in [4.78, 5) is 12.1. The van der Waals surface area contributed by atoms with E-state index in [4.69, 9.17) is 4.74 Å². The van der Waals surface area contributed by atoms with Gasteiger partial charge in [0.25, 0.3) is 5.91 Å². The Bertz CT molecular complexity index is 705. The van der Waals surface area contributed by atoms with Gasteiger partial charge in [-0.15, -0.1) is 0 Å². The fourth-order valence-corrected chi connectivity index (χ4v) is 2.33. The predicted molar refractivity (Wildman–Crippen MR) is 95.3 cm³/mol. The van der Waals surface area contributed by atoms with Crippen molar-refractivity contribution in [2.75, 3.05) is 11.9 Å². The van der Waals surface area contributed by atoms with Crippen molar-refractivity contribution >= 4 is 11.6 Å². The summed E-state index contributed by atoms with van der Waals surface area (Å²) in [5, 5.41) is 2.91. The largest absolute Gasteiger partial charge is 0.483 e. The van der Waals surface area contributed by atoms with Crippen LogP contribution in [0.4, 0.5) is 5.69 Å². The van der Waals surface area contributed by atoms with Crippen LogP contribution in [0.5, 0.6) is 5.75 Å². The Morgan fingerprint density at radius 1 is 1.04 bits per heavy atom. The van der Waals surface area contributed by atoms with Crippen molar-refractivity contribution in [1.29, 1.82) is 0 Å². The standard InChI is InChI=1S/C20H25NO2/c1-13(2)17-9-8-16(5)19(11-17)23-12-20(22)21-18-10-14(3)6-7-15(18)4/h6-11,13H,12H2,1-5H3,(H,21,22). The van der Waals surface area contributed by atoms with Gasteiger partial charge in [-0.25, -0.2) is 0 Å². The first kappa shape index (κ1) is 17.1. The van der Waals surface area contributed by atoms with Crippen molar-refractivity contribution in [3.63, 3.8) is 0 Å². The van der Waals surface area contributed by atoms with E-state index in [0.29, 0.717) is 5.92 Å². The van der Waals surface area contributed by atoms with Crippen LogP contribution >= 0.6 is 0 Å². The van der Waals surface area contributed by atoms with Gasteiger partial charge in [0.2, 0.25) is 0 Å². The summed E-state index contributed by atoms with van der Waals surface area (Å²) in [6, 6.07) is 12.2. The first-order valence-corrected chi connectivity index (χ1v) is 7.97. The molecule has 0 saturated carbocycles. The zero-order valence-corrected chi connectivity index (χ0v) is 14.6. The quantitative estimate of drug-likeness (QED) is 0.865. The lowest BCUT2D eigenvalue weighted by molar-refractivity contribution is -0.118. The third-order valence-electron chi connectivity index (χ3n) is 3.90. The van der Waals surface area contributed by atoms with E-state index in [0.717, 1.165) is 28.1 Å². The summed E-state index contributed by atoms with van der Waals surface area (Å²) >= 11 is 0. The molecule has 0 saturated heterocycles. The summed E-state index contributed by atoms with van der Waals surface area (Å²) in [5.74, 6) is 1.06. The van der Waals surface area contributed by atoms with Crippen LogP contribution in [0.15, 0.2) is 36.4 Å². The van der Waals surface area contributed by atoms with E-state index < -0.39 is 0 Å². The molecule has 3 nitrogen and oxygen atoms in total. The molecule has 0 aliphatic carbocycles. The highest BCUT2D eigenvalue weighted by molar-refractivity contribution is 5.92. The molecule has 1 amide bonds. The smallest absolute Gasteiger partial charge is 0.262 e. The number of hydrogen-bond acceptors (Lipinski definition) is 2. The Morgan fingerprint density at radius 3 is 2.43 bits per heavy atom. The highest BCUT2D eigenvalue weighted by Crippen LogP contribution is 2.24. The van der Waals surface area contributed by atoms with Gasteiger partial charge in [0.05, 0.1) is 0 Å². The van der Waals surface area contributed by atoms with Gasteiger partial charge in [-0.1, -0.05) is 38.1 Å². The molecule has 0 bridgehead atoms. The van der Waals surface area contributed by atoms with Gasteiger partial charge in [0.15, 0.2) is 6.61 Å². The average Bonchev–Trinajstić information content (AvgIpc) is 2.50. The first-order valence-electron chi connectivity index (χ1n) is 7.97. The molecule has 2 aromatic carbocycles. The third kappa shape index (κ3) is 4.59. The summed E-state index contributed by atoms with van der Waals surface area (Å²) in [7, 11) is 0. The van der Waals surface area contributed by atoms with Crippen LogP contribution in [0, 0.1) is 20.8 Å². The van der Waals surface area contributed by atoms with E-state index in [1.807, 2.05) is 51.1 Å². The van der Waals surface area contributed by atoms with E-state index in [1.54, 1.807) is 0 Å². The molecule has 0 heterocycles. The van der Waals surface area contributed by atoms with E-state index in [9.17, 15) is 4.79 Å². The van der Waals surface area contributed by atoms with Crippen LogP contribution in [0.2, 0.25) is 0 Å². The minimum atomic E-state index is -0.145. The normalized spacial score (nSPS) is 10.7. The second-order valence-corrected chi connectivity index (χ2v) is 6.33. The second-order valence-electron chi connectivity index (χ2n) is 6.33. The van der Waals surface area contributed by atoms with Gasteiger partial charge < -0.3 is 10.1 Å². The van der Waals surface area contributed by atoms with Crippen LogP contribution in [0.1, 0.15) is 42.0 Å². The van der Waals surface area contributed by atoms with Gasteiger partial charge in [-0.05, 0) is 61.1 Å². The molecular formula is C20H25NO2. The second kappa shape index (κ2) is 7.32. The number of carbonyl (C=O) groups excluding carboxylic acids is 1. The fraction of sp³-hybridized carbons (Fsp3) is 0.350. The number of anilines is 1. The Hall–Kier alpha value is -2.29. The molecule has 0 aliphatic rings. The van der Waals surface area contributed by atoms with Crippen molar-refractivity contribution in [2.24, 2.45) is 0 Å². The van der Waals surface area contributed by atoms with Crippen LogP contribution < -0.4 is 10.1 Å². The van der Waals surface area contributed by atoms with Gasteiger partial charge in [-0.3, -0.25) is 4.79 Å². The minimum Gasteiger partial charge on any atom is -0.483 e. The number of rotatable bonds is 5. The molecule has 0 spiro atoms. The first-order chi connectivity index (χ1) is 10.9. The van der Waals surface area contributed by atoms with E-state index in [-0.39, 0.29) is 12.5 Å². The number of hydrogen-bond donors (Lipinski definition) is 1. The summed E-state index contributed by atoms with van der Waals surface area (Å²) < 4.78 is 5.72. The number of carbonyl (C=O) groups is 1. The molecular weight excluding hydrogens is 286 g/mol. The molecule has 0 aromatic heterocycles. The molecule has 0 unspecified atom stereocenters. The molecule has 2 aromatic rings. The number of amides is 1. The summed E-state index contributed by atoms with van der Waals surface area (Å²) in [5.41, 5.74) is 5.25. The molecule has 122 valence electrons. The van der Waals surface area contributed by atoms with Crippen LogP contribution in [-0.4, -0.2) is 12.5 Å². The summed E-state index contributed by atoms with van der Waals surface area (Å²) in [6.45, 7) is 10.3. The number of benzene rings is 2. The van der Waals surface area contributed by atoms with Crippen molar-refractivity contribution < 1.29 is 9.53 Å². The average molecular weight is 311 g/mol. The van der Waals surface area contributed by atoms with Gasteiger partial charge in [0, 0.05) is 5.69 Å². The van der Waals surface area contributed by atoms with Crippen LogP contribution in [0.3, 0.4) is 0 Å².